The van der Waals surface area contributed by atoms with E-state index in [1.54, 1.807) is 6.07 Å². The van der Waals surface area contributed by atoms with Gasteiger partial charge in [-0.1, -0.05) is 43.0 Å². The monoisotopic (exact) mass is 297 g/mol. The molecule has 1 saturated carbocycles. The highest BCUT2D eigenvalue weighted by atomic mass is 35.5. The van der Waals surface area contributed by atoms with E-state index in [-0.39, 0.29) is 5.75 Å². The Hall–Kier alpha value is -0.770. The Balaban J connectivity index is 1.56. The third-order valence-corrected chi connectivity index (χ3v) is 4.09. The quantitative estimate of drug-likeness (QED) is 0.751. The van der Waals surface area contributed by atoms with Crippen molar-refractivity contribution in [3.05, 3.63) is 28.8 Å². The molecule has 0 amide bonds. The minimum absolute atomic E-state index is 0.181. The fourth-order valence-electron chi connectivity index (χ4n) is 2.60. The lowest BCUT2D eigenvalue weighted by Crippen LogP contribution is -2.20. The molecule has 1 aromatic carbocycles. The van der Waals surface area contributed by atoms with Crippen LogP contribution in [0, 0.1) is 0 Å². The molecule has 2 N–H and O–H groups in total. The van der Waals surface area contributed by atoms with E-state index in [1.807, 2.05) is 12.1 Å². The molecular weight excluding hydrogens is 274 g/mol. The Labute approximate surface area is 126 Å². The van der Waals surface area contributed by atoms with Crippen LogP contribution in [-0.4, -0.2) is 24.4 Å². The van der Waals surface area contributed by atoms with Crippen molar-refractivity contribution in [1.29, 1.82) is 0 Å². The SMILES string of the molecule is Oc1c(Cl)cccc1CNCCCOC1CCCCC1. The standard InChI is InChI=1S/C16H24ClNO2/c17-15-9-4-6-13(16(15)19)12-18-10-5-11-20-14-7-2-1-3-8-14/h4,6,9,14,18-19H,1-3,5,7-8,10-12H2. The van der Waals surface area contributed by atoms with E-state index < -0.39 is 0 Å². The maximum Gasteiger partial charge on any atom is 0.138 e. The zero-order chi connectivity index (χ0) is 14.2. The smallest absolute Gasteiger partial charge is 0.138 e. The summed E-state index contributed by atoms with van der Waals surface area (Å²) in [6.45, 7) is 2.34. The van der Waals surface area contributed by atoms with Crippen LogP contribution in [0.1, 0.15) is 44.1 Å². The molecule has 0 radical (unpaired) electrons. The van der Waals surface area contributed by atoms with Crippen LogP contribution >= 0.6 is 11.6 Å². The summed E-state index contributed by atoms with van der Waals surface area (Å²) in [5, 5.41) is 13.5. The van der Waals surface area contributed by atoms with E-state index in [0.717, 1.165) is 25.1 Å². The molecule has 112 valence electrons. The van der Waals surface area contributed by atoms with Gasteiger partial charge in [-0.05, 0) is 31.9 Å². The molecule has 2 rings (SSSR count). The van der Waals surface area contributed by atoms with Gasteiger partial charge in [0.05, 0.1) is 11.1 Å². The largest absolute Gasteiger partial charge is 0.506 e. The number of aromatic hydroxyl groups is 1. The van der Waals surface area contributed by atoms with E-state index in [0.29, 0.717) is 17.7 Å². The fraction of sp³-hybridized carbons (Fsp3) is 0.625. The highest BCUT2D eigenvalue weighted by Crippen LogP contribution is 2.26. The normalized spacial score (nSPS) is 16.4. The minimum Gasteiger partial charge on any atom is -0.506 e. The van der Waals surface area contributed by atoms with Gasteiger partial charge >= 0.3 is 0 Å². The van der Waals surface area contributed by atoms with Gasteiger partial charge < -0.3 is 15.2 Å². The molecule has 4 heteroatoms. The fourth-order valence-corrected chi connectivity index (χ4v) is 2.80. The van der Waals surface area contributed by atoms with Crippen LogP contribution in [0.25, 0.3) is 0 Å². The molecule has 0 saturated heterocycles. The Bertz CT molecular complexity index is 405. The summed E-state index contributed by atoms with van der Waals surface area (Å²) >= 11 is 5.86. The molecule has 0 aromatic heterocycles. The van der Waals surface area contributed by atoms with Crippen LogP contribution in [0.15, 0.2) is 18.2 Å². The average molecular weight is 298 g/mol. The van der Waals surface area contributed by atoms with Gasteiger partial charge in [0.15, 0.2) is 0 Å². The van der Waals surface area contributed by atoms with E-state index in [9.17, 15) is 5.11 Å². The van der Waals surface area contributed by atoms with Crippen molar-refractivity contribution in [1.82, 2.24) is 5.32 Å². The number of phenolic OH excluding ortho intramolecular Hbond substituents is 1. The predicted octanol–water partition coefficient (Wildman–Crippen LogP) is 3.87. The number of rotatable bonds is 7. The predicted molar refractivity (Wildman–Crippen MR) is 82.3 cm³/mol. The first-order chi connectivity index (χ1) is 9.77. The van der Waals surface area contributed by atoms with Crippen molar-refractivity contribution in [2.75, 3.05) is 13.2 Å². The molecule has 20 heavy (non-hydrogen) atoms. The summed E-state index contributed by atoms with van der Waals surface area (Å²) in [7, 11) is 0. The molecular formula is C16H24ClNO2. The van der Waals surface area contributed by atoms with Crippen LogP contribution in [0.2, 0.25) is 5.02 Å². The van der Waals surface area contributed by atoms with Crippen molar-refractivity contribution < 1.29 is 9.84 Å². The van der Waals surface area contributed by atoms with Crippen molar-refractivity contribution in [3.8, 4) is 5.75 Å². The highest BCUT2D eigenvalue weighted by Gasteiger charge is 2.12. The van der Waals surface area contributed by atoms with Crippen LogP contribution in [-0.2, 0) is 11.3 Å². The second kappa shape index (κ2) is 8.50. The van der Waals surface area contributed by atoms with Crippen LogP contribution < -0.4 is 5.32 Å². The van der Waals surface area contributed by atoms with Crippen LogP contribution in [0.5, 0.6) is 5.75 Å². The number of hydrogen-bond acceptors (Lipinski definition) is 3. The average Bonchev–Trinajstić information content (AvgIpc) is 2.48. The molecule has 1 aliphatic carbocycles. The summed E-state index contributed by atoms with van der Waals surface area (Å²) in [5.41, 5.74) is 0.839. The molecule has 0 aliphatic heterocycles. The molecule has 0 spiro atoms. The Morgan fingerprint density at radius 2 is 2.05 bits per heavy atom. The van der Waals surface area contributed by atoms with Crippen molar-refractivity contribution in [2.24, 2.45) is 0 Å². The number of benzene rings is 1. The van der Waals surface area contributed by atoms with Gasteiger partial charge in [0.1, 0.15) is 5.75 Å². The summed E-state index contributed by atoms with van der Waals surface area (Å²) < 4.78 is 5.87. The van der Waals surface area contributed by atoms with Crippen LogP contribution in [0.3, 0.4) is 0 Å². The Morgan fingerprint density at radius 3 is 2.85 bits per heavy atom. The lowest BCUT2D eigenvalue weighted by Gasteiger charge is -2.21. The molecule has 0 bridgehead atoms. The first kappa shape index (κ1) is 15.6. The van der Waals surface area contributed by atoms with Gasteiger partial charge in [-0.25, -0.2) is 0 Å². The molecule has 0 atom stereocenters. The third kappa shape index (κ3) is 4.97. The van der Waals surface area contributed by atoms with Gasteiger partial charge in [0.2, 0.25) is 0 Å². The summed E-state index contributed by atoms with van der Waals surface area (Å²) in [6.07, 6.45) is 7.94. The number of halogens is 1. The lowest BCUT2D eigenvalue weighted by atomic mass is 9.98. The molecule has 0 unspecified atom stereocenters. The lowest BCUT2D eigenvalue weighted by molar-refractivity contribution is 0.0273. The van der Waals surface area contributed by atoms with Gasteiger partial charge in [-0.15, -0.1) is 0 Å². The Kier molecular flexibility index (Phi) is 6.64. The Morgan fingerprint density at radius 1 is 1.25 bits per heavy atom. The van der Waals surface area contributed by atoms with E-state index in [1.165, 1.54) is 32.1 Å². The molecule has 1 aromatic rings. The van der Waals surface area contributed by atoms with Gasteiger partial charge in [0, 0.05) is 18.7 Å². The first-order valence-electron chi connectivity index (χ1n) is 7.56. The number of phenols is 1. The maximum absolute atomic E-state index is 9.77. The van der Waals surface area contributed by atoms with Crippen molar-refractivity contribution in [2.45, 2.75) is 51.2 Å². The molecule has 1 aliphatic rings. The molecule has 1 fully saturated rings. The third-order valence-electron chi connectivity index (χ3n) is 3.79. The summed E-state index contributed by atoms with van der Waals surface area (Å²) in [4.78, 5) is 0. The van der Waals surface area contributed by atoms with Gasteiger partial charge in [0.25, 0.3) is 0 Å². The first-order valence-corrected chi connectivity index (χ1v) is 7.94. The van der Waals surface area contributed by atoms with E-state index in [4.69, 9.17) is 16.3 Å². The highest BCUT2D eigenvalue weighted by molar-refractivity contribution is 6.32. The number of para-hydroxylation sites is 1. The molecule has 3 nitrogen and oxygen atoms in total. The topological polar surface area (TPSA) is 41.5 Å². The zero-order valence-electron chi connectivity index (χ0n) is 11.9. The number of ether oxygens (including phenoxy) is 1. The van der Waals surface area contributed by atoms with Crippen molar-refractivity contribution >= 4 is 11.6 Å². The zero-order valence-corrected chi connectivity index (χ0v) is 12.7. The van der Waals surface area contributed by atoms with Crippen molar-refractivity contribution in [3.63, 3.8) is 0 Å². The van der Waals surface area contributed by atoms with Crippen LogP contribution in [0.4, 0.5) is 0 Å². The summed E-state index contributed by atoms with van der Waals surface area (Å²) in [5.74, 6) is 0.181. The summed E-state index contributed by atoms with van der Waals surface area (Å²) in [6, 6.07) is 5.43. The maximum atomic E-state index is 9.77. The second-order valence-electron chi connectivity index (χ2n) is 5.41. The second-order valence-corrected chi connectivity index (χ2v) is 5.82. The van der Waals surface area contributed by atoms with E-state index >= 15 is 0 Å². The molecule has 0 heterocycles. The number of hydrogen-bond donors (Lipinski definition) is 2. The van der Waals surface area contributed by atoms with Gasteiger partial charge in [-0.3, -0.25) is 0 Å². The minimum atomic E-state index is 0.181. The van der Waals surface area contributed by atoms with E-state index in [2.05, 4.69) is 5.32 Å². The van der Waals surface area contributed by atoms with Gasteiger partial charge in [-0.2, -0.15) is 0 Å². The number of nitrogens with one attached hydrogen (secondary N) is 1.